The van der Waals surface area contributed by atoms with Gasteiger partial charge in [-0.2, -0.15) is 0 Å². The third-order valence-corrected chi connectivity index (χ3v) is 7.00. The molecule has 200 valence electrons. The van der Waals surface area contributed by atoms with Crippen molar-refractivity contribution in [2.45, 2.75) is 38.6 Å². The fourth-order valence-electron chi connectivity index (χ4n) is 5.23. The monoisotopic (exact) mass is 512 g/mol. The molecular weight excluding hydrogens is 476 g/mol. The minimum Gasteiger partial charge on any atom is -0.497 e. The number of aliphatic carboxylic acids is 1. The highest BCUT2D eigenvalue weighted by Crippen LogP contribution is 2.47. The Hall–Kier alpha value is -3.46. The first-order valence-corrected chi connectivity index (χ1v) is 12.9. The molecule has 3 unspecified atom stereocenters. The lowest BCUT2D eigenvalue weighted by Crippen LogP contribution is -2.40. The van der Waals surface area contributed by atoms with E-state index in [1.54, 1.807) is 12.0 Å². The number of likely N-dealkylation sites (tertiary alicyclic amines) is 1. The summed E-state index contributed by atoms with van der Waals surface area (Å²) in [5.41, 5.74) is 1.79. The first-order valence-electron chi connectivity index (χ1n) is 12.9. The molecule has 1 fully saturated rings. The van der Waals surface area contributed by atoms with Gasteiger partial charge in [0.05, 0.1) is 19.6 Å². The SMILES string of the molecule is CCCOC(=O)N(CCC)CCN1CC(c2ccc3c(c2)OCO3)C(C(=O)O)C1c1ccc(OC)cc1. The molecule has 9 heteroatoms. The van der Waals surface area contributed by atoms with Crippen LogP contribution in [0.5, 0.6) is 17.2 Å². The van der Waals surface area contributed by atoms with E-state index >= 15 is 0 Å². The maximum Gasteiger partial charge on any atom is 0.409 e. The standard InChI is InChI=1S/C28H36N2O7/c1-4-12-29(28(33)35-15-5-2)13-14-30-17-22(20-8-11-23-24(16-20)37-18-36-23)25(27(31)32)26(30)19-6-9-21(34-3)10-7-19/h6-11,16,22,25-26H,4-5,12-15,17-18H2,1-3H3,(H,31,32). The van der Waals surface area contributed by atoms with Crippen molar-refractivity contribution >= 4 is 12.1 Å². The average Bonchev–Trinajstić information content (AvgIpc) is 3.54. The molecule has 0 aromatic heterocycles. The van der Waals surface area contributed by atoms with E-state index in [0.717, 1.165) is 24.0 Å². The van der Waals surface area contributed by atoms with Crippen LogP contribution in [0.25, 0.3) is 0 Å². The number of rotatable bonds is 11. The van der Waals surface area contributed by atoms with Crippen LogP contribution in [0.15, 0.2) is 42.5 Å². The highest BCUT2D eigenvalue weighted by atomic mass is 16.7. The normalized spacial score (nSPS) is 20.6. The van der Waals surface area contributed by atoms with E-state index in [2.05, 4.69) is 4.90 Å². The number of benzene rings is 2. The summed E-state index contributed by atoms with van der Waals surface area (Å²) in [4.78, 5) is 29.3. The molecule has 9 nitrogen and oxygen atoms in total. The lowest BCUT2D eigenvalue weighted by molar-refractivity contribution is -0.143. The van der Waals surface area contributed by atoms with E-state index in [1.165, 1.54) is 0 Å². The van der Waals surface area contributed by atoms with Crippen molar-refractivity contribution in [1.29, 1.82) is 0 Å². The molecule has 0 bridgehead atoms. The zero-order valence-corrected chi connectivity index (χ0v) is 21.7. The molecule has 3 atom stereocenters. The summed E-state index contributed by atoms with van der Waals surface area (Å²) >= 11 is 0. The molecule has 2 aromatic rings. The van der Waals surface area contributed by atoms with E-state index in [9.17, 15) is 14.7 Å². The van der Waals surface area contributed by atoms with E-state index in [-0.39, 0.29) is 24.8 Å². The Labute approximate surface area is 217 Å². The van der Waals surface area contributed by atoms with Gasteiger partial charge in [-0.25, -0.2) is 4.79 Å². The number of hydrogen-bond donors (Lipinski definition) is 1. The lowest BCUT2D eigenvalue weighted by atomic mass is 9.82. The van der Waals surface area contributed by atoms with Crippen molar-refractivity contribution in [1.82, 2.24) is 9.80 Å². The van der Waals surface area contributed by atoms with Crippen LogP contribution < -0.4 is 14.2 Å². The van der Waals surface area contributed by atoms with Gasteiger partial charge in [0.1, 0.15) is 5.75 Å². The van der Waals surface area contributed by atoms with Gasteiger partial charge in [-0.05, 0) is 48.2 Å². The van der Waals surface area contributed by atoms with Crippen LogP contribution in [-0.2, 0) is 9.53 Å². The summed E-state index contributed by atoms with van der Waals surface area (Å²) in [6.07, 6.45) is 1.24. The molecule has 2 aromatic carbocycles. The van der Waals surface area contributed by atoms with Crippen LogP contribution in [0.3, 0.4) is 0 Å². The predicted molar refractivity (Wildman–Crippen MR) is 137 cm³/mol. The molecule has 0 radical (unpaired) electrons. The number of nitrogens with zero attached hydrogens (tertiary/aromatic N) is 2. The summed E-state index contributed by atoms with van der Waals surface area (Å²) in [5, 5.41) is 10.4. The van der Waals surface area contributed by atoms with Crippen molar-refractivity contribution in [3.8, 4) is 17.2 Å². The number of hydrogen-bond acceptors (Lipinski definition) is 7. The van der Waals surface area contributed by atoms with Crippen molar-refractivity contribution in [2.75, 3.05) is 46.7 Å². The first-order chi connectivity index (χ1) is 18.0. The largest absolute Gasteiger partial charge is 0.497 e. The molecule has 0 saturated carbocycles. The van der Waals surface area contributed by atoms with Crippen molar-refractivity contribution in [3.05, 3.63) is 53.6 Å². The zero-order chi connectivity index (χ0) is 26.4. The maximum atomic E-state index is 12.7. The van der Waals surface area contributed by atoms with E-state index in [0.29, 0.717) is 50.0 Å². The Morgan fingerprint density at radius 3 is 2.43 bits per heavy atom. The summed E-state index contributed by atoms with van der Waals surface area (Å²) in [5.74, 6) is 0.178. The van der Waals surface area contributed by atoms with Crippen LogP contribution in [0, 0.1) is 5.92 Å². The maximum absolute atomic E-state index is 12.7. The topological polar surface area (TPSA) is 97.8 Å². The van der Waals surface area contributed by atoms with Gasteiger partial charge in [-0.1, -0.05) is 32.0 Å². The fraction of sp³-hybridized carbons (Fsp3) is 0.500. The molecule has 2 heterocycles. The average molecular weight is 513 g/mol. The third-order valence-electron chi connectivity index (χ3n) is 7.00. The number of carboxylic acids is 1. The Bertz CT molecular complexity index is 1070. The minimum absolute atomic E-state index is 0.161. The van der Waals surface area contributed by atoms with E-state index in [1.807, 2.05) is 56.3 Å². The molecule has 0 aliphatic carbocycles. The van der Waals surface area contributed by atoms with Crippen LogP contribution >= 0.6 is 0 Å². The Balaban J connectivity index is 1.64. The van der Waals surface area contributed by atoms with Crippen molar-refractivity contribution in [3.63, 3.8) is 0 Å². The molecule has 0 spiro atoms. The minimum atomic E-state index is -0.862. The number of carbonyl (C=O) groups excluding carboxylic acids is 1. The number of carbonyl (C=O) groups is 2. The quantitative estimate of drug-likeness (QED) is 0.469. The number of amides is 1. The molecule has 2 aliphatic rings. The van der Waals surface area contributed by atoms with E-state index in [4.69, 9.17) is 18.9 Å². The van der Waals surface area contributed by atoms with Gasteiger partial charge in [0.2, 0.25) is 6.79 Å². The highest BCUT2D eigenvalue weighted by Gasteiger charge is 2.47. The highest BCUT2D eigenvalue weighted by molar-refractivity contribution is 5.74. The van der Waals surface area contributed by atoms with Gasteiger partial charge in [-0.15, -0.1) is 0 Å². The lowest BCUT2D eigenvalue weighted by Gasteiger charge is -2.30. The second-order valence-electron chi connectivity index (χ2n) is 9.40. The molecular formula is C28H36N2O7. The summed E-state index contributed by atoms with van der Waals surface area (Å²) in [7, 11) is 1.60. The van der Waals surface area contributed by atoms with Crippen LogP contribution in [-0.4, -0.2) is 73.7 Å². The van der Waals surface area contributed by atoms with Gasteiger partial charge >= 0.3 is 12.1 Å². The second kappa shape index (κ2) is 12.2. The predicted octanol–water partition coefficient (Wildman–Crippen LogP) is 4.52. The van der Waals surface area contributed by atoms with E-state index < -0.39 is 11.9 Å². The molecule has 37 heavy (non-hydrogen) atoms. The fourth-order valence-corrected chi connectivity index (χ4v) is 5.23. The summed E-state index contributed by atoms with van der Waals surface area (Å²) in [6.45, 7) is 6.59. The van der Waals surface area contributed by atoms with Gasteiger partial charge in [0.15, 0.2) is 11.5 Å². The number of carboxylic acid groups (broad SMARTS) is 1. The van der Waals surface area contributed by atoms with Gasteiger partial charge in [-0.3, -0.25) is 9.69 Å². The number of methoxy groups -OCH3 is 1. The third kappa shape index (κ3) is 5.93. The van der Waals surface area contributed by atoms with Crippen LogP contribution in [0.1, 0.15) is 49.8 Å². The zero-order valence-electron chi connectivity index (χ0n) is 21.7. The molecule has 4 rings (SSSR count). The summed E-state index contributed by atoms with van der Waals surface area (Å²) in [6, 6.07) is 12.8. The Kier molecular flexibility index (Phi) is 8.76. The van der Waals surface area contributed by atoms with Gasteiger partial charge < -0.3 is 29.0 Å². The number of ether oxygens (including phenoxy) is 4. The van der Waals surface area contributed by atoms with Crippen LogP contribution in [0.4, 0.5) is 4.79 Å². The van der Waals surface area contributed by atoms with Crippen LogP contribution in [0.2, 0.25) is 0 Å². The molecule has 2 aliphatic heterocycles. The van der Waals surface area contributed by atoms with Gasteiger partial charge in [0.25, 0.3) is 0 Å². The van der Waals surface area contributed by atoms with Gasteiger partial charge in [0, 0.05) is 38.1 Å². The Morgan fingerprint density at radius 2 is 1.76 bits per heavy atom. The Morgan fingerprint density at radius 1 is 1.03 bits per heavy atom. The molecule has 1 amide bonds. The van der Waals surface area contributed by atoms with Crippen molar-refractivity contribution in [2.24, 2.45) is 5.92 Å². The van der Waals surface area contributed by atoms with Crippen molar-refractivity contribution < 1.29 is 33.6 Å². The molecule has 1 N–H and O–H groups in total. The first kappa shape index (κ1) is 26.6. The molecule has 1 saturated heterocycles. The summed E-state index contributed by atoms with van der Waals surface area (Å²) < 4.78 is 21.7. The smallest absolute Gasteiger partial charge is 0.409 e. The second-order valence-corrected chi connectivity index (χ2v) is 9.40. The number of fused-ring (bicyclic) bond motifs is 1.